The number of nitro groups is 1. The molecule has 150 valence electrons. The Kier molecular flexibility index (Phi) is 6.40. The van der Waals surface area contributed by atoms with E-state index in [4.69, 9.17) is 9.47 Å². The Balaban J connectivity index is 1.75. The maximum absolute atomic E-state index is 12.6. The zero-order valence-electron chi connectivity index (χ0n) is 15.9. The van der Waals surface area contributed by atoms with E-state index < -0.39 is 10.8 Å². The average Bonchev–Trinajstić information content (AvgIpc) is 3.20. The number of amides is 1. The number of carbonyl (C=O) groups excluding carboxylic acids is 1. The van der Waals surface area contributed by atoms with Crippen LogP contribution in [-0.4, -0.2) is 29.5 Å². The number of non-ortho nitro benzene ring substituents is 1. The summed E-state index contributed by atoms with van der Waals surface area (Å²) in [6.07, 6.45) is 0.937. The minimum atomic E-state index is -0.564. The fourth-order valence-corrected chi connectivity index (χ4v) is 3.27. The van der Waals surface area contributed by atoms with Gasteiger partial charge in [-0.15, -0.1) is 11.3 Å². The summed E-state index contributed by atoms with van der Waals surface area (Å²) in [5.41, 5.74) is 1.47. The van der Waals surface area contributed by atoms with Gasteiger partial charge in [0.25, 0.3) is 11.6 Å². The lowest BCUT2D eigenvalue weighted by Gasteiger charge is -2.07. The van der Waals surface area contributed by atoms with Crippen LogP contribution in [0.25, 0.3) is 11.3 Å². The van der Waals surface area contributed by atoms with Gasteiger partial charge in [-0.25, -0.2) is 4.98 Å². The van der Waals surface area contributed by atoms with Gasteiger partial charge in [0.15, 0.2) is 5.13 Å². The zero-order valence-corrected chi connectivity index (χ0v) is 16.7. The molecule has 0 saturated carbocycles. The molecule has 1 amide bonds. The lowest BCUT2D eigenvalue weighted by atomic mass is 10.1. The van der Waals surface area contributed by atoms with E-state index in [1.54, 1.807) is 0 Å². The van der Waals surface area contributed by atoms with Gasteiger partial charge in [-0.1, -0.05) is 6.92 Å². The molecule has 0 unspecified atom stereocenters. The smallest absolute Gasteiger partial charge is 0.270 e. The number of nitrogens with one attached hydrogen (secondary N) is 1. The van der Waals surface area contributed by atoms with Gasteiger partial charge in [0, 0.05) is 23.1 Å². The fraction of sp³-hybridized carbons (Fsp3) is 0.200. The molecule has 29 heavy (non-hydrogen) atoms. The van der Waals surface area contributed by atoms with Crippen LogP contribution in [0.15, 0.2) is 47.8 Å². The van der Waals surface area contributed by atoms with Crippen molar-refractivity contribution < 1.29 is 19.2 Å². The molecule has 2 aromatic carbocycles. The standard InChI is InChI=1S/C20H19N3O5S/c1-3-10-28-15-7-4-13(5-8-15)17-12-29-20(21-17)22-19(24)16-11-14(23(25)26)6-9-18(16)27-2/h4-9,11-12H,3,10H2,1-2H3,(H,21,22,24). The van der Waals surface area contributed by atoms with Gasteiger partial charge in [-0.05, 0) is 36.8 Å². The summed E-state index contributed by atoms with van der Waals surface area (Å²) < 4.78 is 10.7. The molecule has 0 fully saturated rings. The number of aromatic nitrogens is 1. The Morgan fingerprint density at radius 1 is 1.24 bits per heavy atom. The third kappa shape index (κ3) is 4.88. The van der Waals surface area contributed by atoms with Crippen molar-refractivity contribution in [2.75, 3.05) is 19.0 Å². The Morgan fingerprint density at radius 3 is 2.66 bits per heavy atom. The maximum atomic E-state index is 12.6. The van der Waals surface area contributed by atoms with Gasteiger partial charge < -0.3 is 9.47 Å². The zero-order chi connectivity index (χ0) is 20.8. The lowest BCUT2D eigenvalue weighted by molar-refractivity contribution is -0.384. The lowest BCUT2D eigenvalue weighted by Crippen LogP contribution is -2.13. The number of methoxy groups -OCH3 is 1. The normalized spacial score (nSPS) is 10.4. The van der Waals surface area contributed by atoms with E-state index in [1.807, 2.05) is 36.6 Å². The summed E-state index contributed by atoms with van der Waals surface area (Å²) in [4.78, 5) is 27.4. The maximum Gasteiger partial charge on any atom is 0.270 e. The molecule has 0 aliphatic rings. The number of hydrogen-bond donors (Lipinski definition) is 1. The van der Waals surface area contributed by atoms with Gasteiger partial charge in [0.05, 0.1) is 29.9 Å². The van der Waals surface area contributed by atoms with Gasteiger partial charge in [-0.3, -0.25) is 20.2 Å². The summed E-state index contributed by atoms with van der Waals surface area (Å²) in [6.45, 7) is 2.70. The van der Waals surface area contributed by atoms with Crippen molar-refractivity contribution in [3.8, 4) is 22.8 Å². The minimum absolute atomic E-state index is 0.0656. The third-order valence-corrected chi connectivity index (χ3v) is 4.74. The third-order valence-electron chi connectivity index (χ3n) is 3.99. The number of nitro benzene ring substituents is 1. The Hall–Kier alpha value is -3.46. The molecular formula is C20H19N3O5S. The number of nitrogens with zero attached hydrogens (tertiary/aromatic N) is 2. The highest BCUT2D eigenvalue weighted by Crippen LogP contribution is 2.29. The van der Waals surface area contributed by atoms with Crippen molar-refractivity contribution in [3.05, 3.63) is 63.5 Å². The number of benzene rings is 2. The van der Waals surface area contributed by atoms with Crippen molar-refractivity contribution in [1.29, 1.82) is 0 Å². The summed E-state index contributed by atoms with van der Waals surface area (Å²) >= 11 is 1.26. The molecule has 1 aromatic heterocycles. The van der Waals surface area contributed by atoms with Crippen LogP contribution in [0.4, 0.5) is 10.8 Å². The van der Waals surface area contributed by atoms with Crippen molar-refractivity contribution in [2.24, 2.45) is 0 Å². The largest absolute Gasteiger partial charge is 0.496 e. The highest BCUT2D eigenvalue weighted by atomic mass is 32.1. The first-order chi connectivity index (χ1) is 14.0. The summed E-state index contributed by atoms with van der Waals surface area (Å²) in [6, 6.07) is 11.4. The van der Waals surface area contributed by atoms with Gasteiger partial charge >= 0.3 is 0 Å². The number of carbonyl (C=O) groups is 1. The van der Waals surface area contributed by atoms with Crippen molar-refractivity contribution in [2.45, 2.75) is 13.3 Å². The molecule has 0 aliphatic heterocycles. The van der Waals surface area contributed by atoms with E-state index >= 15 is 0 Å². The molecule has 1 N–H and O–H groups in total. The number of rotatable bonds is 8. The molecule has 0 saturated heterocycles. The molecule has 1 heterocycles. The molecule has 0 radical (unpaired) electrons. The van der Waals surface area contributed by atoms with Crippen LogP contribution in [0.2, 0.25) is 0 Å². The van der Waals surface area contributed by atoms with E-state index in [-0.39, 0.29) is 17.0 Å². The Morgan fingerprint density at radius 2 is 2.00 bits per heavy atom. The van der Waals surface area contributed by atoms with E-state index in [9.17, 15) is 14.9 Å². The summed E-state index contributed by atoms with van der Waals surface area (Å²) in [5.74, 6) is 0.499. The molecule has 3 rings (SSSR count). The van der Waals surface area contributed by atoms with Crippen LogP contribution in [-0.2, 0) is 0 Å². The Labute approximate surface area is 171 Å². The van der Waals surface area contributed by atoms with Crippen LogP contribution in [0, 0.1) is 10.1 Å². The SMILES string of the molecule is CCCOc1ccc(-c2csc(NC(=O)c3cc([N+](=O)[O-])ccc3OC)n2)cc1. The first-order valence-electron chi connectivity index (χ1n) is 8.84. The summed E-state index contributed by atoms with van der Waals surface area (Å²) in [5, 5.41) is 15.9. The van der Waals surface area contributed by atoms with E-state index in [2.05, 4.69) is 10.3 Å². The van der Waals surface area contributed by atoms with Crippen LogP contribution in [0.5, 0.6) is 11.5 Å². The highest BCUT2D eigenvalue weighted by molar-refractivity contribution is 7.14. The second-order valence-electron chi connectivity index (χ2n) is 6.01. The first-order valence-corrected chi connectivity index (χ1v) is 9.72. The molecule has 0 spiro atoms. The fourth-order valence-electron chi connectivity index (χ4n) is 2.56. The number of hydrogen-bond acceptors (Lipinski definition) is 7. The first kappa shape index (κ1) is 20.3. The number of thiazole rings is 1. The van der Waals surface area contributed by atoms with Crippen LogP contribution >= 0.6 is 11.3 Å². The second kappa shape index (κ2) is 9.16. The molecule has 3 aromatic rings. The molecule has 0 aliphatic carbocycles. The van der Waals surface area contributed by atoms with E-state index in [0.29, 0.717) is 17.4 Å². The molecular weight excluding hydrogens is 394 g/mol. The monoisotopic (exact) mass is 413 g/mol. The quantitative estimate of drug-likeness (QED) is 0.421. The van der Waals surface area contributed by atoms with Crippen LogP contribution < -0.4 is 14.8 Å². The van der Waals surface area contributed by atoms with E-state index in [0.717, 1.165) is 17.7 Å². The molecule has 0 bridgehead atoms. The second-order valence-corrected chi connectivity index (χ2v) is 6.86. The topological polar surface area (TPSA) is 104 Å². The van der Waals surface area contributed by atoms with Crippen molar-refractivity contribution in [1.82, 2.24) is 4.98 Å². The number of ether oxygens (including phenoxy) is 2. The molecule has 0 atom stereocenters. The van der Waals surface area contributed by atoms with Crippen molar-refractivity contribution >= 4 is 28.1 Å². The van der Waals surface area contributed by atoms with Gasteiger partial charge in [0.1, 0.15) is 11.5 Å². The van der Waals surface area contributed by atoms with Crippen LogP contribution in [0.3, 0.4) is 0 Å². The average molecular weight is 413 g/mol. The van der Waals surface area contributed by atoms with Gasteiger partial charge in [-0.2, -0.15) is 0 Å². The highest BCUT2D eigenvalue weighted by Gasteiger charge is 2.18. The Bertz CT molecular complexity index is 1020. The van der Waals surface area contributed by atoms with E-state index in [1.165, 1.54) is 36.6 Å². The van der Waals surface area contributed by atoms with Crippen molar-refractivity contribution in [3.63, 3.8) is 0 Å². The number of anilines is 1. The summed E-state index contributed by atoms with van der Waals surface area (Å²) in [7, 11) is 1.40. The predicted molar refractivity (Wildman–Crippen MR) is 111 cm³/mol. The van der Waals surface area contributed by atoms with Crippen LogP contribution in [0.1, 0.15) is 23.7 Å². The molecule has 9 heteroatoms. The van der Waals surface area contributed by atoms with Gasteiger partial charge in [0.2, 0.25) is 0 Å². The predicted octanol–water partition coefficient (Wildman–Crippen LogP) is 4.77. The molecule has 8 nitrogen and oxygen atoms in total. The minimum Gasteiger partial charge on any atom is -0.496 e.